The molecule has 1 rings (SSSR count). The Morgan fingerprint density at radius 1 is 0.913 bits per heavy atom. The van der Waals surface area contributed by atoms with Crippen LogP contribution in [0.4, 0.5) is 13.2 Å². The smallest absolute Gasteiger partial charge is 0.379 e. The topological polar surface area (TPSA) is 27.7 Å². The third-order valence-corrected chi connectivity index (χ3v) is 5.08. The zero-order valence-electron chi connectivity index (χ0n) is 13.9. The highest BCUT2D eigenvalue weighted by Crippen LogP contribution is 2.17. The summed E-state index contributed by atoms with van der Waals surface area (Å²) in [6.07, 6.45) is 5.00. The Labute approximate surface area is 137 Å². The molecule has 0 aromatic heterocycles. The van der Waals surface area contributed by atoms with Crippen LogP contribution in [0.15, 0.2) is 12.1 Å². The van der Waals surface area contributed by atoms with Crippen LogP contribution in [-0.2, 0) is 19.7 Å². The van der Waals surface area contributed by atoms with E-state index in [9.17, 15) is 13.2 Å². The molecule has 1 aromatic carbocycles. The van der Waals surface area contributed by atoms with E-state index in [1.807, 2.05) is 6.92 Å². The largest absolute Gasteiger partial charge is 0.483 e. The van der Waals surface area contributed by atoms with Crippen LogP contribution < -0.4 is 0 Å². The molecule has 23 heavy (non-hydrogen) atoms. The van der Waals surface area contributed by atoms with Crippen LogP contribution in [0.25, 0.3) is 0 Å². The summed E-state index contributed by atoms with van der Waals surface area (Å²) in [5.74, 6) is -2.82. The van der Waals surface area contributed by atoms with Gasteiger partial charge in [0.25, 0.3) is 0 Å². The normalized spacial score (nSPS) is 12.8. The molecule has 3 nitrogen and oxygen atoms in total. The Hall–Kier alpha value is -0.893. The van der Waals surface area contributed by atoms with Gasteiger partial charge in [-0.2, -0.15) is 0 Å². The molecule has 1 atom stereocenters. The van der Waals surface area contributed by atoms with E-state index in [0.29, 0.717) is 12.5 Å². The summed E-state index contributed by atoms with van der Waals surface area (Å²) in [5, 5.41) is 0. The third-order valence-electron chi connectivity index (χ3n) is 3.62. The van der Waals surface area contributed by atoms with Gasteiger partial charge in [0.1, 0.15) is 5.82 Å². The maximum atomic E-state index is 13.5. The average Bonchev–Trinajstić information content (AvgIpc) is 2.52. The van der Waals surface area contributed by atoms with Gasteiger partial charge in [0.15, 0.2) is 11.6 Å². The number of unbranched alkanes of at least 4 members (excludes halogenated alkanes) is 3. The van der Waals surface area contributed by atoms with Gasteiger partial charge in [-0.3, -0.25) is 0 Å². The van der Waals surface area contributed by atoms with E-state index in [2.05, 4.69) is 0 Å². The fourth-order valence-electron chi connectivity index (χ4n) is 2.32. The van der Waals surface area contributed by atoms with Crippen LogP contribution >= 0.6 is 0 Å². The van der Waals surface area contributed by atoms with Gasteiger partial charge >= 0.3 is 9.53 Å². The molecule has 0 radical (unpaired) electrons. The third kappa shape index (κ3) is 7.47. The molecule has 0 spiro atoms. The van der Waals surface area contributed by atoms with Gasteiger partial charge in [0.2, 0.25) is 0 Å². The van der Waals surface area contributed by atoms with Gasteiger partial charge in [0.05, 0.1) is 0 Å². The number of hydrogen-bond acceptors (Lipinski definition) is 3. The first-order valence-corrected chi connectivity index (χ1v) is 9.23. The van der Waals surface area contributed by atoms with E-state index < -0.39 is 27.0 Å². The first kappa shape index (κ1) is 20.2. The van der Waals surface area contributed by atoms with E-state index in [4.69, 9.17) is 13.3 Å². The van der Waals surface area contributed by atoms with Crippen molar-refractivity contribution in [1.29, 1.82) is 0 Å². The summed E-state index contributed by atoms with van der Waals surface area (Å²) in [7, 11) is 1.17. The Kier molecular flexibility index (Phi) is 9.46. The molecule has 0 fully saturated rings. The lowest BCUT2D eigenvalue weighted by atomic mass is 10.0. The van der Waals surface area contributed by atoms with Crippen LogP contribution in [0.1, 0.15) is 44.6 Å². The van der Waals surface area contributed by atoms with Gasteiger partial charge in [0, 0.05) is 26.4 Å². The predicted molar refractivity (Wildman–Crippen MR) is 84.8 cm³/mol. The average molecular weight is 350 g/mol. The number of hydrogen-bond donors (Lipinski definition) is 0. The van der Waals surface area contributed by atoms with Gasteiger partial charge < -0.3 is 13.3 Å². The molecule has 0 amide bonds. The molecule has 0 saturated carbocycles. The van der Waals surface area contributed by atoms with Crippen LogP contribution in [0, 0.1) is 17.5 Å². The summed E-state index contributed by atoms with van der Waals surface area (Å²) >= 11 is 0. The van der Waals surface area contributed by atoms with Gasteiger partial charge in [-0.05, 0) is 37.8 Å². The lowest BCUT2D eigenvalue weighted by Gasteiger charge is -2.17. The lowest BCUT2D eigenvalue weighted by Crippen LogP contribution is -2.28. The fourth-order valence-corrected chi connectivity index (χ4v) is 3.25. The Bertz CT molecular complexity index is 470. The molecule has 0 heterocycles. The van der Waals surface area contributed by atoms with Gasteiger partial charge in [-0.15, -0.1) is 0 Å². The number of rotatable bonds is 11. The summed E-state index contributed by atoms with van der Waals surface area (Å²) < 4.78 is 55.2. The van der Waals surface area contributed by atoms with Crippen molar-refractivity contribution < 1.29 is 26.4 Å². The molecule has 1 unspecified atom stereocenters. The second-order valence-corrected chi connectivity index (χ2v) is 7.31. The van der Waals surface area contributed by atoms with Crippen LogP contribution in [0.3, 0.4) is 0 Å². The summed E-state index contributed by atoms with van der Waals surface area (Å²) in [5.41, 5.74) is 0.231. The molecule has 1 aromatic rings. The molecule has 0 saturated heterocycles. The summed E-state index contributed by atoms with van der Waals surface area (Å²) in [6.45, 7) is 1.98. The molecule has 0 aliphatic carbocycles. The molecule has 0 aliphatic rings. The highest BCUT2D eigenvalue weighted by Gasteiger charge is 2.15. The van der Waals surface area contributed by atoms with E-state index in [1.165, 1.54) is 0 Å². The Morgan fingerprint density at radius 3 is 2.17 bits per heavy atom. The number of benzene rings is 1. The predicted octanol–water partition coefficient (Wildman–Crippen LogP) is 4.01. The van der Waals surface area contributed by atoms with Crippen molar-refractivity contribution in [2.75, 3.05) is 14.2 Å². The van der Waals surface area contributed by atoms with Crippen molar-refractivity contribution in [2.24, 2.45) is 0 Å². The van der Waals surface area contributed by atoms with Gasteiger partial charge in [-0.25, -0.2) is 13.2 Å². The maximum Gasteiger partial charge on any atom is 0.483 e. The van der Waals surface area contributed by atoms with Crippen molar-refractivity contribution in [3.63, 3.8) is 0 Å². The van der Waals surface area contributed by atoms with Crippen molar-refractivity contribution in [3.8, 4) is 0 Å². The number of halogens is 3. The van der Waals surface area contributed by atoms with E-state index >= 15 is 0 Å². The zero-order chi connectivity index (χ0) is 17.2. The van der Waals surface area contributed by atoms with Crippen molar-refractivity contribution in [3.05, 3.63) is 35.1 Å². The first-order chi connectivity index (χ1) is 11.0. The Balaban J connectivity index is 2.17. The number of aryl methyl sites for hydroxylation is 1. The fraction of sp³-hybridized carbons (Fsp3) is 0.625. The zero-order valence-corrected chi connectivity index (χ0v) is 15.1. The lowest BCUT2D eigenvalue weighted by molar-refractivity contribution is 0.0892. The van der Waals surface area contributed by atoms with Crippen molar-refractivity contribution in [2.45, 2.75) is 51.6 Å². The van der Waals surface area contributed by atoms with E-state index in [-0.39, 0.29) is 11.7 Å². The minimum Gasteiger partial charge on any atom is -0.379 e. The molecular formula is C16H25F3O3Si. The van der Waals surface area contributed by atoms with Crippen LogP contribution in [0.5, 0.6) is 0 Å². The molecule has 0 N–H and O–H groups in total. The van der Waals surface area contributed by atoms with E-state index in [1.54, 1.807) is 14.2 Å². The highest BCUT2D eigenvalue weighted by molar-refractivity contribution is 6.36. The minimum atomic E-state index is -1.98. The summed E-state index contributed by atoms with van der Waals surface area (Å²) in [4.78, 5) is 0. The van der Waals surface area contributed by atoms with Crippen molar-refractivity contribution >= 4 is 9.53 Å². The molecule has 7 heteroatoms. The molecular weight excluding hydrogens is 325 g/mol. The maximum absolute atomic E-state index is 13.5. The standard InChI is InChI=1S/C16H25F3O3Si/c1-12(22-23(20-2)21-3)8-6-4-5-7-9-13-10-15(18)16(19)11-14(13)17/h10-12,23H,4-9H2,1-3H3. The molecule has 132 valence electrons. The first-order valence-electron chi connectivity index (χ1n) is 7.82. The summed E-state index contributed by atoms with van der Waals surface area (Å²) in [6, 6.07) is 1.55. The SMILES string of the molecule is CO[SiH](OC)OC(C)CCCCCCc1cc(F)c(F)cc1F. The monoisotopic (exact) mass is 350 g/mol. The van der Waals surface area contributed by atoms with E-state index in [0.717, 1.165) is 38.2 Å². The second-order valence-electron chi connectivity index (χ2n) is 5.52. The highest BCUT2D eigenvalue weighted by atomic mass is 28.3. The molecule has 0 aliphatic heterocycles. The Morgan fingerprint density at radius 2 is 1.52 bits per heavy atom. The van der Waals surface area contributed by atoms with Crippen molar-refractivity contribution in [1.82, 2.24) is 0 Å². The molecule has 0 bridgehead atoms. The van der Waals surface area contributed by atoms with Crippen LogP contribution in [0.2, 0.25) is 0 Å². The van der Waals surface area contributed by atoms with Gasteiger partial charge in [-0.1, -0.05) is 19.3 Å². The minimum absolute atomic E-state index is 0.0789. The second kappa shape index (κ2) is 10.8. The quantitative estimate of drug-likeness (QED) is 0.343. The van der Waals surface area contributed by atoms with Crippen LogP contribution in [-0.4, -0.2) is 29.9 Å².